The van der Waals surface area contributed by atoms with Gasteiger partial charge in [-0.1, -0.05) is 11.6 Å². The van der Waals surface area contributed by atoms with E-state index in [-0.39, 0.29) is 5.91 Å². The number of methoxy groups -OCH3 is 1. The second kappa shape index (κ2) is 5.84. The number of thiophene rings is 1. The van der Waals surface area contributed by atoms with Crippen molar-refractivity contribution in [3.8, 4) is 5.75 Å². The van der Waals surface area contributed by atoms with Gasteiger partial charge in [-0.25, -0.2) is 0 Å². The molecule has 5 heteroatoms. The van der Waals surface area contributed by atoms with E-state index in [2.05, 4.69) is 16.7 Å². The zero-order valence-corrected chi connectivity index (χ0v) is 10.6. The van der Waals surface area contributed by atoms with E-state index in [1.165, 1.54) is 16.9 Å². The normalized spacial score (nSPS) is 15.2. The van der Waals surface area contributed by atoms with Gasteiger partial charge in [-0.15, -0.1) is 11.3 Å². The molecule has 0 saturated heterocycles. The summed E-state index contributed by atoms with van der Waals surface area (Å²) in [6.07, 6.45) is 3.15. The summed E-state index contributed by atoms with van der Waals surface area (Å²) in [5.74, 6) is 0.707. The Bertz CT molecular complexity index is 426. The molecule has 2 heterocycles. The minimum Gasteiger partial charge on any atom is -0.496 e. The molecule has 1 amide bonds. The summed E-state index contributed by atoms with van der Waals surface area (Å²) in [6, 6.07) is 1.76. The van der Waals surface area contributed by atoms with Crippen LogP contribution in [0.3, 0.4) is 0 Å². The van der Waals surface area contributed by atoms with Crippen molar-refractivity contribution in [3.05, 3.63) is 28.0 Å². The topological polar surface area (TPSA) is 50.4 Å². The molecule has 0 aliphatic carbocycles. The van der Waals surface area contributed by atoms with Crippen molar-refractivity contribution in [3.63, 3.8) is 0 Å². The van der Waals surface area contributed by atoms with Crippen molar-refractivity contribution in [2.24, 2.45) is 0 Å². The molecular formula is C12H16N2O2S. The highest BCUT2D eigenvalue weighted by Gasteiger charge is 2.10. The Morgan fingerprint density at radius 3 is 3.18 bits per heavy atom. The van der Waals surface area contributed by atoms with Gasteiger partial charge in [-0.3, -0.25) is 4.79 Å². The SMILES string of the molecule is COc1csc(C(=O)NCC2=CCNCC2)c1. The van der Waals surface area contributed by atoms with Crippen LogP contribution in [0.4, 0.5) is 0 Å². The summed E-state index contributed by atoms with van der Waals surface area (Å²) in [6.45, 7) is 2.54. The molecule has 17 heavy (non-hydrogen) atoms. The monoisotopic (exact) mass is 252 g/mol. The van der Waals surface area contributed by atoms with Crippen LogP contribution in [0.1, 0.15) is 16.1 Å². The molecule has 0 unspecified atom stereocenters. The highest BCUT2D eigenvalue weighted by atomic mass is 32.1. The van der Waals surface area contributed by atoms with Gasteiger partial charge in [0.2, 0.25) is 0 Å². The van der Waals surface area contributed by atoms with Crippen LogP contribution in [0.15, 0.2) is 23.1 Å². The predicted molar refractivity (Wildman–Crippen MR) is 68.8 cm³/mol. The van der Waals surface area contributed by atoms with Gasteiger partial charge < -0.3 is 15.4 Å². The zero-order valence-electron chi connectivity index (χ0n) is 9.79. The first-order valence-electron chi connectivity index (χ1n) is 5.59. The number of rotatable bonds is 4. The van der Waals surface area contributed by atoms with Crippen molar-refractivity contribution >= 4 is 17.2 Å². The fourth-order valence-electron chi connectivity index (χ4n) is 1.66. The smallest absolute Gasteiger partial charge is 0.261 e. The van der Waals surface area contributed by atoms with Crippen LogP contribution in [-0.2, 0) is 0 Å². The second-order valence-electron chi connectivity index (χ2n) is 3.85. The number of hydrogen-bond acceptors (Lipinski definition) is 4. The van der Waals surface area contributed by atoms with Gasteiger partial charge in [0.15, 0.2) is 0 Å². The molecule has 2 rings (SSSR count). The Hall–Kier alpha value is -1.33. The standard InChI is InChI=1S/C12H16N2O2S/c1-16-10-6-11(17-8-10)12(15)14-7-9-2-4-13-5-3-9/h2,6,8,13H,3-5,7H2,1H3,(H,14,15). The Kier molecular flexibility index (Phi) is 4.17. The summed E-state index contributed by atoms with van der Waals surface area (Å²) < 4.78 is 5.05. The minimum atomic E-state index is -0.0299. The first kappa shape index (κ1) is 12.1. The molecule has 0 aromatic carbocycles. The van der Waals surface area contributed by atoms with Crippen LogP contribution in [0, 0.1) is 0 Å². The van der Waals surface area contributed by atoms with Crippen molar-refractivity contribution < 1.29 is 9.53 Å². The van der Waals surface area contributed by atoms with Gasteiger partial charge >= 0.3 is 0 Å². The van der Waals surface area contributed by atoms with Gasteiger partial charge in [0, 0.05) is 24.5 Å². The van der Waals surface area contributed by atoms with Crippen molar-refractivity contribution in [1.82, 2.24) is 10.6 Å². The minimum absolute atomic E-state index is 0.0299. The number of carbonyl (C=O) groups is 1. The average Bonchev–Trinajstić information content (AvgIpc) is 2.86. The molecule has 92 valence electrons. The highest BCUT2D eigenvalue weighted by Crippen LogP contribution is 2.20. The number of nitrogens with one attached hydrogen (secondary N) is 2. The quantitative estimate of drug-likeness (QED) is 0.797. The van der Waals surface area contributed by atoms with Gasteiger partial charge in [0.05, 0.1) is 12.0 Å². The maximum atomic E-state index is 11.8. The predicted octanol–water partition coefficient (Wildman–Crippen LogP) is 1.41. The molecule has 2 N–H and O–H groups in total. The van der Waals surface area contributed by atoms with E-state index in [0.29, 0.717) is 11.4 Å². The molecule has 1 aromatic heterocycles. The Morgan fingerprint density at radius 2 is 2.53 bits per heavy atom. The number of carbonyl (C=O) groups excluding carboxylic acids is 1. The third-order valence-electron chi connectivity index (χ3n) is 2.67. The van der Waals surface area contributed by atoms with Crippen molar-refractivity contribution in [1.29, 1.82) is 0 Å². The van der Waals surface area contributed by atoms with Crippen LogP contribution in [0.5, 0.6) is 5.75 Å². The van der Waals surface area contributed by atoms with E-state index in [0.717, 1.165) is 25.3 Å². The first-order chi connectivity index (χ1) is 8.29. The maximum absolute atomic E-state index is 11.8. The van der Waals surface area contributed by atoms with E-state index >= 15 is 0 Å². The Balaban J connectivity index is 1.86. The molecule has 4 nitrogen and oxygen atoms in total. The van der Waals surface area contributed by atoms with Gasteiger partial charge in [-0.05, 0) is 13.0 Å². The van der Waals surface area contributed by atoms with Crippen LogP contribution in [0.25, 0.3) is 0 Å². The molecule has 0 atom stereocenters. The first-order valence-corrected chi connectivity index (χ1v) is 6.47. The van der Waals surface area contributed by atoms with Crippen LogP contribution >= 0.6 is 11.3 Å². The van der Waals surface area contributed by atoms with Crippen molar-refractivity contribution in [2.45, 2.75) is 6.42 Å². The van der Waals surface area contributed by atoms with Gasteiger partial charge in [0.1, 0.15) is 5.75 Å². The largest absolute Gasteiger partial charge is 0.496 e. The summed E-state index contributed by atoms with van der Waals surface area (Å²) in [4.78, 5) is 12.5. The number of amides is 1. The number of ether oxygens (including phenoxy) is 1. The van der Waals surface area contributed by atoms with E-state index in [1.807, 2.05) is 5.38 Å². The lowest BCUT2D eigenvalue weighted by Crippen LogP contribution is -2.29. The summed E-state index contributed by atoms with van der Waals surface area (Å²) in [5.41, 5.74) is 1.29. The molecule has 0 fully saturated rings. The highest BCUT2D eigenvalue weighted by molar-refractivity contribution is 7.12. The second-order valence-corrected chi connectivity index (χ2v) is 4.76. The van der Waals surface area contributed by atoms with E-state index in [1.54, 1.807) is 13.2 Å². The van der Waals surface area contributed by atoms with Crippen LogP contribution in [0.2, 0.25) is 0 Å². The molecular weight excluding hydrogens is 236 g/mol. The van der Waals surface area contributed by atoms with E-state index in [9.17, 15) is 4.79 Å². The summed E-state index contributed by atoms with van der Waals surface area (Å²) in [5, 5.41) is 8.00. The maximum Gasteiger partial charge on any atom is 0.261 e. The molecule has 0 bridgehead atoms. The lowest BCUT2D eigenvalue weighted by molar-refractivity contribution is 0.0960. The Labute approximate surface area is 105 Å². The third kappa shape index (κ3) is 3.31. The molecule has 1 aliphatic rings. The summed E-state index contributed by atoms with van der Waals surface area (Å²) >= 11 is 1.40. The molecule has 1 aliphatic heterocycles. The van der Waals surface area contributed by atoms with E-state index in [4.69, 9.17) is 4.74 Å². The fraction of sp³-hybridized carbons (Fsp3) is 0.417. The molecule has 0 spiro atoms. The fourth-order valence-corrected chi connectivity index (χ4v) is 2.43. The van der Waals surface area contributed by atoms with Gasteiger partial charge in [-0.2, -0.15) is 0 Å². The molecule has 1 aromatic rings. The lowest BCUT2D eigenvalue weighted by atomic mass is 10.1. The molecule has 0 saturated carbocycles. The van der Waals surface area contributed by atoms with Gasteiger partial charge in [0.25, 0.3) is 5.91 Å². The third-order valence-corrected chi connectivity index (χ3v) is 3.58. The van der Waals surface area contributed by atoms with Crippen LogP contribution in [-0.4, -0.2) is 32.7 Å². The molecule has 0 radical (unpaired) electrons. The average molecular weight is 252 g/mol. The Morgan fingerprint density at radius 1 is 1.65 bits per heavy atom. The number of hydrogen-bond donors (Lipinski definition) is 2. The zero-order chi connectivity index (χ0) is 12.1. The van der Waals surface area contributed by atoms with E-state index < -0.39 is 0 Å². The van der Waals surface area contributed by atoms with Crippen molar-refractivity contribution in [2.75, 3.05) is 26.7 Å². The van der Waals surface area contributed by atoms with Crippen LogP contribution < -0.4 is 15.4 Å². The lowest BCUT2D eigenvalue weighted by Gasteiger charge is -2.14. The summed E-state index contributed by atoms with van der Waals surface area (Å²) in [7, 11) is 1.60.